The molecule has 1 aliphatic rings. The van der Waals surface area contributed by atoms with Crippen LogP contribution in [0.3, 0.4) is 0 Å². The molecule has 0 spiro atoms. The highest BCUT2D eigenvalue weighted by atomic mass is 31.7. The van der Waals surface area contributed by atoms with Crippen molar-refractivity contribution >= 4 is 15.9 Å². The first-order valence-electron chi connectivity index (χ1n) is 5.16. The van der Waals surface area contributed by atoms with Gasteiger partial charge in [-0.2, -0.15) is 0 Å². The molecule has 0 saturated carbocycles. The summed E-state index contributed by atoms with van der Waals surface area (Å²) in [5.74, 6) is 0. The van der Waals surface area contributed by atoms with E-state index in [0.29, 0.717) is 0 Å². The van der Waals surface area contributed by atoms with Gasteiger partial charge in [0.2, 0.25) is 0 Å². The largest absolute Gasteiger partial charge is 0.227 e. The maximum atomic E-state index is 4.47. The van der Waals surface area contributed by atoms with Crippen LogP contribution >= 0.6 is 15.9 Å². The predicted molar refractivity (Wildman–Crippen MR) is 62.1 cm³/mol. The first kappa shape index (κ1) is 11.2. The molecule has 73 valence electrons. The van der Waals surface area contributed by atoms with Crippen LogP contribution in [0, 0.1) is 0 Å². The van der Waals surface area contributed by atoms with E-state index in [2.05, 4.69) is 18.9 Å². The summed E-state index contributed by atoms with van der Waals surface area (Å²) in [4.78, 5) is 0. The minimum atomic E-state index is 1.22. The van der Waals surface area contributed by atoms with Crippen LogP contribution in [0.1, 0.15) is 52.4 Å². The van der Waals surface area contributed by atoms with Crippen molar-refractivity contribution in [2.75, 3.05) is 0 Å². The molecule has 0 unspecified atom stereocenters. The molecule has 0 N–H and O–H groups in total. The third-order valence-electron chi connectivity index (χ3n) is 2.29. The van der Waals surface area contributed by atoms with Gasteiger partial charge in [-0.15, -0.1) is 0 Å². The normalized spacial score (nSPS) is 17.7. The zero-order valence-electron chi connectivity index (χ0n) is 8.58. The molecule has 13 heavy (non-hydrogen) atoms. The first-order valence-corrected chi connectivity index (χ1v) is 7.61. The summed E-state index contributed by atoms with van der Waals surface area (Å²) in [7, 11) is 2.65. The van der Waals surface area contributed by atoms with Crippen LogP contribution in [0.15, 0.2) is 11.0 Å². The van der Waals surface area contributed by atoms with E-state index in [1.807, 2.05) is 0 Å². The lowest BCUT2D eigenvalue weighted by atomic mass is 10.1. The van der Waals surface area contributed by atoms with Gasteiger partial charge in [0.25, 0.3) is 0 Å². The maximum Gasteiger partial charge on any atom is 0.0699 e. The van der Waals surface area contributed by atoms with Gasteiger partial charge in [-0.25, -0.2) is 5.09 Å². The highest BCUT2D eigenvalue weighted by Gasteiger charge is 2.06. The quantitative estimate of drug-likeness (QED) is 0.440. The molecule has 0 aliphatic carbocycles. The van der Waals surface area contributed by atoms with Gasteiger partial charge in [0.05, 0.1) is 13.7 Å². The second-order valence-electron chi connectivity index (χ2n) is 3.49. The van der Waals surface area contributed by atoms with Crippen molar-refractivity contribution in [3.8, 4) is 0 Å². The molecular weight excluding hydrogens is 196 g/mol. The van der Waals surface area contributed by atoms with Crippen LogP contribution in [0.2, 0.25) is 0 Å². The lowest BCUT2D eigenvalue weighted by Gasteiger charge is -2.01. The average Bonchev–Trinajstić information content (AvgIpc) is 2.52. The molecule has 0 atom stereocenters. The summed E-state index contributed by atoms with van der Waals surface area (Å²) in [5, 5.41) is 5.97. The summed E-state index contributed by atoms with van der Waals surface area (Å²) in [6.07, 6.45) is 8.07. The highest BCUT2D eigenvalue weighted by molar-refractivity contribution is 7.85. The molecule has 0 saturated heterocycles. The van der Waals surface area contributed by atoms with Crippen LogP contribution < -0.4 is 5.09 Å². The SMILES string of the molecule is CCCCCCCC1=C(C)P=P[N]1. The third kappa shape index (κ3) is 4.25. The molecule has 0 amide bonds. The van der Waals surface area contributed by atoms with E-state index in [-0.39, 0.29) is 0 Å². The maximum absolute atomic E-state index is 4.47. The van der Waals surface area contributed by atoms with E-state index in [1.165, 1.54) is 65.4 Å². The monoisotopic (exact) mass is 214 g/mol. The molecule has 1 radical (unpaired) electrons. The molecule has 3 heteroatoms. The van der Waals surface area contributed by atoms with Gasteiger partial charge in [0.1, 0.15) is 0 Å². The number of hydrogen-bond acceptors (Lipinski definition) is 0. The Labute approximate surface area is 84.9 Å². The molecule has 1 rings (SSSR count). The minimum absolute atomic E-state index is 1.22. The van der Waals surface area contributed by atoms with Gasteiger partial charge in [-0.3, -0.25) is 0 Å². The number of unbranched alkanes of at least 4 members (excludes halogenated alkanes) is 4. The van der Waals surface area contributed by atoms with Gasteiger partial charge >= 0.3 is 0 Å². The van der Waals surface area contributed by atoms with Crippen molar-refractivity contribution in [1.82, 2.24) is 5.09 Å². The van der Waals surface area contributed by atoms with Gasteiger partial charge in [-0.1, -0.05) is 32.6 Å². The van der Waals surface area contributed by atoms with E-state index in [1.54, 1.807) is 0 Å². The second kappa shape index (κ2) is 6.57. The zero-order chi connectivity index (χ0) is 9.52. The first-order chi connectivity index (χ1) is 6.34. The highest BCUT2D eigenvalue weighted by Crippen LogP contribution is 2.36. The Balaban J connectivity index is 2.04. The minimum Gasteiger partial charge on any atom is -0.227 e. The van der Waals surface area contributed by atoms with Crippen LogP contribution in [-0.2, 0) is 0 Å². The number of nitrogens with zero attached hydrogens (tertiary/aromatic N) is 1. The Morgan fingerprint density at radius 3 is 2.54 bits per heavy atom. The van der Waals surface area contributed by atoms with Crippen molar-refractivity contribution in [3.05, 3.63) is 11.0 Å². The average molecular weight is 214 g/mol. The van der Waals surface area contributed by atoms with Gasteiger partial charge < -0.3 is 0 Å². The van der Waals surface area contributed by atoms with E-state index in [9.17, 15) is 0 Å². The van der Waals surface area contributed by atoms with Crippen molar-refractivity contribution in [2.45, 2.75) is 52.4 Å². The summed E-state index contributed by atoms with van der Waals surface area (Å²) in [5.41, 5.74) is 1.39. The lowest BCUT2D eigenvalue weighted by Crippen LogP contribution is -1.91. The van der Waals surface area contributed by atoms with Crippen molar-refractivity contribution in [2.24, 2.45) is 0 Å². The standard InChI is InChI=1S/C10H18NP2/c1-3-4-5-6-7-8-10-9(2)12-13-11-10/h3-8H2,1-2H3. The fraction of sp³-hybridized carbons (Fsp3) is 0.800. The summed E-state index contributed by atoms with van der Waals surface area (Å²) in [6.45, 7) is 4.48. The number of allylic oxidation sites excluding steroid dienone is 2. The van der Waals surface area contributed by atoms with E-state index < -0.39 is 0 Å². The lowest BCUT2D eigenvalue weighted by molar-refractivity contribution is 0.626. The molecule has 1 heterocycles. The Morgan fingerprint density at radius 1 is 1.15 bits per heavy atom. The molecule has 0 fully saturated rings. The molecular formula is C10H18NP2. The fourth-order valence-electron chi connectivity index (χ4n) is 1.40. The number of hydrogen-bond donors (Lipinski definition) is 0. The van der Waals surface area contributed by atoms with Crippen molar-refractivity contribution < 1.29 is 0 Å². The molecule has 0 bridgehead atoms. The molecule has 0 aromatic carbocycles. The summed E-state index contributed by atoms with van der Waals surface area (Å²) < 4.78 is 0. The number of rotatable bonds is 6. The smallest absolute Gasteiger partial charge is 0.0699 e. The van der Waals surface area contributed by atoms with E-state index in [0.717, 1.165) is 0 Å². The summed E-state index contributed by atoms with van der Waals surface area (Å²) >= 11 is 0. The molecule has 0 aromatic rings. The topological polar surface area (TPSA) is 14.1 Å². The summed E-state index contributed by atoms with van der Waals surface area (Å²) in [6, 6.07) is 0. The fourth-order valence-corrected chi connectivity index (χ4v) is 3.50. The zero-order valence-corrected chi connectivity index (χ0v) is 10.4. The van der Waals surface area contributed by atoms with Crippen LogP contribution in [-0.4, -0.2) is 0 Å². The van der Waals surface area contributed by atoms with E-state index in [4.69, 9.17) is 0 Å². The van der Waals surface area contributed by atoms with Gasteiger partial charge in [-0.05, 0) is 27.6 Å². The van der Waals surface area contributed by atoms with Gasteiger partial charge in [0.15, 0.2) is 0 Å². The van der Waals surface area contributed by atoms with Crippen molar-refractivity contribution in [3.63, 3.8) is 0 Å². The van der Waals surface area contributed by atoms with Crippen LogP contribution in [0.4, 0.5) is 0 Å². The van der Waals surface area contributed by atoms with Crippen molar-refractivity contribution in [1.29, 1.82) is 0 Å². The Hall–Kier alpha value is 0.140. The molecule has 1 aliphatic heterocycles. The molecule has 1 nitrogen and oxygen atoms in total. The van der Waals surface area contributed by atoms with Gasteiger partial charge in [0, 0.05) is 5.31 Å². The predicted octanol–water partition coefficient (Wildman–Crippen LogP) is 4.92. The molecule has 0 aromatic heterocycles. The Kier molecular flexibility index (Phi) is 5.67. The Bertz CT molecular complexity index is 209. The third-order valence-corrected chi connectivity index (χ3v) is 4.71. The second-order valence-corrected chi connectivity index (χ2v) is 5.87. The van der Waals surface area contributed by atoms with Crippen LogP contribution in [0.25, 0.3) is 0 Å². The van der Waals surface area contributed by atoms with E-state index >= 15 is 0 Å². The Morgan fingerprint density at radius 2 is 1.92 bits per heavy atom. The van der Waals surface area contributed by atoms with Crippen LogP contribution in [0.5, 0.6) is 0 Å².